The van der Waals surface area contributed by atoms with Crippen LogP contribution in [0.4, 0.5) is 37.7 Å². The van der Waals surface area contributed by atoms with Crippen LogP contribution in [0.1, 0.15) is 49.6 Å². The van der Waals surface area contributed by atoms with Crippen LogP contribution in [0.15, 0.2) is 29.3 Å². The van der Waals surface area contributed by atoms with Gasteiger partial charge < -0.3 is 15.1 Å². The molecule has 1 aliphatic carbocycles. The molecule has 2 aromatic heterocycles. The summed E-state index contributed by atoms with van der Waals surface area (Å²) < 4.78 is 42.7. The third-order valence-electron chi connectivity index (χ3n) is 6.84. The zero-order valence-corrected chi connectivity index (χ0v) is 23.3. The molecule has 0 unspecified atom stereocenters. The smallest absolute Gasteiger partial charge is 0.232 e. The maximum absolute atomic E-state index is 15.5. The fourth-order valence-corrected chi connectivity index (χ4v) is 5.78. The molecule has 39 heavy (non-hydrogen) atoms. The van der Waals surface area contributed by atoms with Crippen molar-refractivity contribution in [3.8, 4) is 0 Å². The van der Waals surface area contributed by atoms with E-state index in [1.54, 1.807) is 13.3 Å². The number of aromatic nitrogens is 4. The number of halogens is 2. The lowest BCUT2D eigenvalue weighted by atomic mass is 10.1. The van der Waals surface area contributed by atoms with Gasteiger partial charge in [-0.3, -0.25) is 14.3 Å². The fraction of sp³-hybridized carbons (Fsp3) is 0.407. The van der Waals surface area contributed by atoms with Gasteiger partial charge in [0, 0.05) is 71.7 Å². The number of nitrogens with zero attached hydrogens (tertiary/aromatic N) is 6. The Kier molecular flexibility index (Phi) is 7.74. The molecule has 2 N–H and O–H groups in total. The Labute approximate surface area is 228 Å². The van der Waals surface area contributed by atoms with E-state index in [1.165, 1.54) is 17.0 Å². The third-order valence-corrected chi connectivity index (χ3v) is 8.11. The molecule has 1 saturated heterocycles. The molecule has 1 aliphatic heterocycles. The summed E-state index contributed by atoms with van der Waals surface area (Å²) >= 11 is 0. The summed E-state index contributed by atoms with van der Waals surface area (Å²) in [4.78, 5) is 17.2. The maximum Gasteiger partial charge on any atom is 0.232 e. The summed E-state index contributed by atoms with van der Waals surface area (Å²) in [6, 6.07) is 4.48. The van der Waals surface area contributed by atoms with Crippen LogP contribution in [-0.4, -0.2) is 62.2 Å². The highest BCUT2D eigenvalue weighted by Gasteiger charge is 2.33. The Bertz CT molecular complexity index is 1430. The predicted molar refractivity (Wildman–Crippen MR) is 153 cm³/mol. The molecule has 3 heterocycles. The van der Waals surface area contributed by atoms with Crippen LogP contribution in [-0.2, 0) is 10.8 Å². The summed E-state index contributed by atoms with van der Waals surface area (Å²) in [5.41, 5.74) is 3.22. The first kappa shape index (κ1) is 26.9. The molecule has 1 saturated carbocycles. The minimum Gasteiger partial charge on any atom is -0.370 e. The number of benzene rings is 1. The molecule has 9 nitrogen and oxygen atoms in total. The molecule has 2 aliphatic rings. The van der Waals surface area contributed by atoms with Crippen LogP contribution in [0.5, 0.6) is 0 Å². The molecule has 0 amide bonds. The van der Waals surface area contributed by atoms with Gasteiger partial charge in [-0.15, -0.1) is 0 Å². The van der Waals surface area contributed by atoms with Crippen molar-refractivity contribution in [2.75, 3.05) is 46.8 Å². The fourth-order valence-electron chi connectivity index (χ4n) is 4.72. The largest absolute Gasteiger partial charge is 0.370 e. The van der Waals surface area contributed by atoms with Crippen molar-refractivity contribution in [3.63, 3.8) is 0 Å². The molecule has 0 spiro atoms. The van der Waals surface area contributed by atoms with Gasteiger partial charge in [0.05, 0.1) is 11.4 Å². The van der Waals surface area contributed by atoms with Gasteiger partial charge in [-0.1, -0.05) is 6.08 Å². The lowest BCUT2D eigenvalue weighted by Crippen LogP contribution is -2.37. The van der Waals surface area contributed by atoms with Gasteiger partial charge in [-0.2, -0.15) is 10.1 Å². The molecule has 3 aromatic rings. The lowest BCUT2D eigenvalue weighted by Gasteiger charge is -2.29. The van der Waals surface area contributed by atoms with Gasteiger partial charge in [-0.05, 0) is 51.7 Å². The van der Waals surface area contributed by atoms with Crippen molar-refractivity contribution in [3.05, 3.63) is 52.9 Å². The Hall–Kier alpha value is -3.67. The van der Waals surface area contributed by atoms with Gasteiger partial charge in [0.2, 0.25) is 5.95 Å². The van der Waals surface area contributed by atoms with E-state index in [1.807, 2.05) is 37.8 Å². The van der Waals surface area contributed by atoms with Crippen molar-refractivity contribution in [2.24, 2.45) is 4.99 Å². The van der Waals surface area contributed by atoms with Crippen LogP contribution in [0.3, 0.4) is 0 Å². The summed E-state index contributed by atoms with van der Waals surface area (Å²) in [5.74, 6) is 0.973. The van der Waals surface area contributed by atoms with Crippen molar-refractivity contribution >= 4 is 51.7 Å². The Morgan fingerprint density at radius 3 is 2.44 bits per heavy atom. The first-order valence-electron chi connectivity index (χ1n) is 13.0. The number of aliphatic imine (C=N–C) groups is 1. The summed E-state index contributed by atoms with van der Waals surface area (Å²) in [7, 11) is 0.655. The molecule has 12 heteroatoms. The summed E-state index contributed by atoms with van der Waals surface area (Å²) in [6.45, 7) is 6.58. The number of aromatic amines is 1. The van der Waals surface area contributed by atoms with E-state index in [9.17, 15) is 4.21 Å². The maximum atomic E-state index is 15.5. The molecule has 1 aromatic carbocycles. The number of aryl methyl sites for hydroxylation is 1. The van der Waals surface area contributed by atoms with Gasteiger partial charge >= 0.3 is 0 Å². The molecule has 0 atom stereocenters. The number of H-pyrrole nitrogens is 1. The minimum atomic E-state index is -0.889. The number of rotatable bonds is 8. The van der Waals surface area contributed by atoms with E-state index in [0.717, 1.165) is 24.1 Å². The molecule has 0 radical (unpaired) electrons. The molecular formula is C27H32F2N8OS. The van der Waals surface area contributed by atoms with Crippen molar-refractivity contribution < 1.29 is 13.0 Å². The second kappa shape index (κ2) is 11.2. The monoisotopic (exact) mass is 554 g/mol. The third kappa shape index (κ3) is 5.70. The van der Waals surface area contributed by atoms with Crippen LogP contribution < -0.4 is 15.1 Å². The van der Waals surface area contributed by atoms with E-state index in [-0.39, 0.29) is 17.6 Å². The highest BCUT2D eigenvalue weighted by Crippen LogP contribution is 2.47. The van der Waals surface area contributed by atoms with Gasteiger partial charge in [0.1, 0.15) is 11.5 Å². The number of nitrogens with one attached hydrogen (secondary N) is 2. The van der Waals surface area contributed by atoms with Crippen molar-refractivity contribution in [2.45, 2.75) is 39.5 Å². The highest BCUT2D eigenvalue weighted by molar-refractivity contribution is 7.85. The van der Waals surface area contributed by atoms with Crippen molar-refractivity contribution in [1.29, 1.82) is 0 Å². The second-order valence-corrected chi connectivity index (χ2v) is 11.4. The highest BCUT2D eigenvalue weighted by atomic mass is 32.2. The number of hydrogen-bond donors (Lipinski definition) is 2. The summed E-state index contributed by atoms with van der Waals surface area (Å²) in [6.07, 6.45) is 5.53. The van der Waals surface area contributed by atoms with E-state index < -0.39 is 22.4 Å². The number of allylic oxidation sites excluding steroid dienone is 1. The van der Waals surface area contributed by atoms with Crippen LogP contribution >= 0.6 is 0 Å². The second-order valence-electron chi connectivity index (χ2n) is 9.68. The lowest BCUT2D eigenvalue weighted by molar-refractivity contribution is 0.581. The molecular weight excluding hydrogens is 522 g/mol. The van der Waals surface area contributed by atoms with Crippen molar-refractivity contribution in [1.82, 2.24) is 20.2 Å². The number of anilines is 5. The van der Waals surface area contributed by atoms with Gasteiger partial charge in [0.25, 0.3) is 0 Å². The molecule has 5 rings (SSSR count). The Balaban J connectivity index is 1.59. The Morgan fingerprint density at radius 1 is 1.18 bits per heavy atom. The van der Waals surface area contributed by atoms with E-state index in [0.29, 0.717) is 53.3 Å². The first-order chi connectivity index (χ1) is 18.8. The topological polar surface area (TPSA) is 102 Å². The average molecular weight is 555 g/mol. The van der Waals surface area contributed by atoms with Crippen LogP contribution in [0.25, 0.3) is 5.70 Å². The van der Waals surface area contributed by atoms with E-state index >= 15 is 8.78 Å². The number of hydrogen-bond acceptors (Lipinski definition) is 8. The average Bonchev–Trinajstić information content (AvgIpc) is 3.67. The van der Waals surface area contributed by atoms with Crippen LogP contribution in [0.2, 0.25) is 0 Å². The zero-order valence-electron chi connectivity index (χ0n) is 22.5. The standard InChI is InChI=1S/C27H32F2N8OS/c1-5-21(30-6-2)24-23(17-7-8-17)26(31-22-13-16(3)34-35-22)33-27(32-24)36(4)25-19(28)14-18(15-20(25)29)37-9-11-39(38)12-10-37/h5-6,13-15,17H,7-12H2,1-4H3,(H2,31,32,33,34,35)/b21-5-,30-6?. The minimum absolute atomic E-state index is 0.119. The molecule has 2 fully saturated rings. The zero-order chi connectivity index (χ0) is 27.7. The summed E-state index contributed by atoms with van der Waals surface area (Å²) in [5, 5.41) is 10.5. The predicted octanol–water partition coefficient (Wildman–Crippen LogP) is 5.20. The SMILES string of the molecule is CC=N/C(=C\C)c1nc(N(C)c2c(F)cc(N3CCS(=O)CC3)cc2F)nc(Nc2cc(C)[nH]n2)c1C1CC1. The quantitative estimate of drug-likeness (QED) is 0.369. The van der Waals surface area contributed by atoms with Gasteiger partial charge in [-0.25, -0.2) is 13.8 Å². The first-order valence-corrected chi connectivity index (χ1v) is 14.5. The normalized spacial score (nSPS) is 16.8. The van der Waals surface area contributed by atoms with Crippen LogP contribution in [0, 0.1) is 18.6 Å². The van der Waals surface area contributed by atoms with Gasteiger partial charge in [0.15, 0.2) is 17.5 Å². The molecule has 206 valence electrons. The molecule has 0 bridgehead atoms. The van der Waals surface area contributed by atoms with E-state index in [4.69, 9.17) is 9.97 Å². The Morgan fingerprint density at radius 2 is 1.87 bits per heavy atom. The van der Waals surface area contributed by atoms with E-state index in [2.05, 4.69) is 20.5 Å².